The van der Waals surface area contributed by atoms with E-state index >= 15 is 0 Å². The van der Waals surface area contributed by atoms with E-state index < -0.39 is 5.97 Å². The zero-order valence-corrected chi connectivity index (χ0v) is 11.1. The van der Waals surface area contributed by atoms with E-state index in [2.05, 4.69) is 17.6 Å². The summed E-state index contributed by atoms with van der Waals surface area (Å²) in [4.78, 5) is 22.2. The molecule has 3 N–H and O–H groups in total. The number of amides is 1. The van der Waals surface area contributed by atoms with E-state index in [1.807, 2.05) is 0 Å². The van der Waals surface area contributed by atoms with E-state index in [0.29, 0.717) is 18.9 Å². The third-order valence-corrected chi connectivity index (χ3v) is 3.52. The molecule has 0 aromatic carbocycles. The summed E-state index contributed by atoms with van der Waals surface area (Å²) >= 11 is 0. The largest absolute Gasteiger partial charge is 0.481 e. The first-order chi connectivity index (χ1) is 8.63. The monoisotopic (exact) mass is 256 g/mol. The Morgan fingerprint density at radius 1 is 1.39 bits per heavy atom. The summed E-state index contributed by atoms with van der Waals surface area (Å²) in [5.74, 6) is -0.0708. The number of hydrogen-bond acceptors (Lipinski definition) is 3. The van der Waals surface area contributed by atoms with Gasteiger partial charge >= 0.3 is 5.97 Å². The normalized spacial score (nSPS) is 23.6. The lowest BCUT2D eigenvalue weighted by molar-refractivity contribution is -0.137. The second-order valence-corrected chi connectivity index (χ2v) is 4.95. The molecule has 0 bridgehead atoms. The number of carbonyl (C=O) groups is 2. The van der Waals surface area contributed by atoms with Crippen molar-refractivity contribution in [3.8, 4) is 0 Å². The fourth-order valence-electron chi connectivity index (χ4n) is 2.30. The first-order valence-electron chi connectivity index (χ1n) is 6.86. The van der Waals surface area contributed by atoms with Crippen LogP contribution in [-0.4, -0.2) is 36.1 Å². The molecule has 5 heteroatoms. The van der Waals surface area contributed by atoms with Crippen molar-refractivity contribution >= 4 is 11.9 Å². The Hall–Kier alpha value is -1.10. The zero-order chi connectivity index (χ0) is 13.4. The SMILES string of the molecule is CCC1CCNC(C(=O)NCCCCC(=O)O)C1. The number of carboxylic acid groups (broad SMARTS) is 1. The second-order valence-electron chi connectivity index (χ2n) is 4.95. The first-order valence-corrected chi connectivity index (χ1v) is 6.86. The van der Waals surface area contributed by atoms with Crippen LogP contribution >= 0.6 is 0 Å². The minimum atomic E-state index is -0.777. The molecule has 0 aromatic rings. The molecule has 1 aliphatic rings. The molecule has 1 aliphatic heterocycles. The summed E-state index contributed by atoms with van der Waals surface area (Å²) in [5.41, 5.74) is 0. The van der Waals surface area contributed by atoms with Crippen LogP contribution in [0, 0.1) is 5.92 Å². The minimum Gasteiger partial charge on any atom is -0.481 e. The Kier molecular flexibility index (Phi) is 6.72. The molecule has 2 atom stereocenters. The molecular formula is C13H24N2O3. The van der Waals surface area contributed by atoms with Crippen LogP contribution in [0.15, 0.2) is 0 Å². The lowest BCUT2D eigenvalue weighted by Crippen LogP contribution is -2.48. The summed E-state index contributed by atoms with van der Waals surface area (Å²) in [7, 11) is 0. The quantitative estimate of drug-likeness (QED) is 0.597. The Balaban J connectivity index is 2.14. The van der Waals surface area contributed by atoms with Crippen LogP contribution in [0.3, 0.4) is 0 Å². The van der Waals surface area contributed by atoms with Gasteiger partial charge in [0.05, 0.1) is 6.04 Å². The van der Waals surface area contributed by atoms with Crippen molar-refractivity contribution in [3.63, 3.8) is 0 Å². The standard InChI is InChI=1S/C13H24N2O3/c1-2-10-6-8-14-11(9-10)13(18)15-7-4-3-5-12(16)17/h10-11,14H,2-9H2,1H3,(H,15,18)(H,16,17). The van der Waals surface area contributed by atoms with Crippen molar-refractivity contribution in [2.75, 3.05) is 13.1 Å². The van der Waals surface area contributed by atoms with Crippen molar-refractivity contribution < 1.29 is 14.7 Å². The maximum Gasteiger partial charge on any atom is 0.303 e. The third-order valence-electron chi connectivity index (χ3n) is 3.52. The van der Waals surface area contributed by atoms with E-state index in [1.54, 1.807) is 0 Å². The van der Waals surface area contributed by atoms with Gasteiger partial charge in [-0.05, 0) is 38.1 Å². The van der Waals surface area contributed by atoms with Gasteiger partial charge in [-0.25, -0.2) is 0 Å². The number of nitrogens with one attached hydrogen (secondary N) is 2. The molecule has 0 spiro atoms. The molecule has 1 amide bonds. The maximum absolute atomic E-state index is 11.9. The van der Waals surface area contributed by atoms with E-state index in [-0.39, 0.29) is 18.4 Å². The molecule has 0 radical (unpaired) electrons. The zero-order valence-electron chi connectivity index (χ0n) is 11.1. The second kappa shape index (κ2) is 8.08. The minimum absolute atomic E-state index is 0.0588. The van der Waals surface area contributed by atoms with Crippen LogP contribution < -0.4 is 10.6 Å². The average molecular weight is 256 g/mol. The molecule has 0 saturated carbocycles. The van der Waals surface area contributed by atoms with Gasteiger partial charge in [-0.15, -0.1) is 0 Å². The van der Waals surface area contributed by atoms with Gasteiger partial charge in [0.2, 0.25) is 5.91 Å². The van der Waals surface area contributed by atoms with Crippen molar-refractivity contribution in [1.82, 2.24) is 10.6 Å². The van der Waals surface area contributed by atoms with E-state index in [9.17, 15) is 9.59 Å². The van der Waals surface area contributed by atoms with Crippen molar-refractivity contribution in [3.05, 3.63) is 0 Å². The molecule has 0 aliphatic carbocycles. The topological polar surface area (TPSA) is 78.4 Å². The van der Waals surface area contributed by atoms with Crippen molar-refractivity contribution in [1.29, 1.82) is 0 Å². The summed E-state index contributed by atoms with van der Waals surface area (Å²) in [6.07, 6.45) is 4.71. The van der Waals surface area contributed by atoms with Crippen molar-refractivity contribution in [2.24, 2.45) is 5.92 Å². The van der Waals surface area contributed by atoms with Crippen LogP contribution in [0.4, 0.5) is 0 Å². The van der Waals surface area contributed by atoms with Crippen LogP contribution in [0.5, 0.6) is 0 Å². The average Bonchev–Trinajstić information content (AvgIpc) is 2.37. The summed E-state index contributed by atoms with van der Waals surface area (Å²) in [6, 6.07) is -0.0665. The number of aliphatic carboxylic acids is 1. The van der Waals surface area contributed by atoms with Gasteiger partial charge in [0.15, 0.2) is 0 Å². The van der Waals surface area contributed by atoms with E-state index in [1.165, 1.54) is 0 Å². The highest BCUT2D eigenvalue weighted by Gasteiger charge is 2.25. The van der Waals surface area contributed by atoms with Crippen LogP contribution in [0.2, 0.25) is 0 Å². The summed E-state index contributed by atoms with van der Waals surface area (Å²) in [5, 5.41) is 14.6. The Morgan fingerprint density at radius 3 is 2.83 bits per heavy atom. The molecule has 18 heavy (non-hydrogen) atoms. The highest BCUT2D eigenvalue weighted by atomic mass is 16.4. The van der Waals surface area contributed by atoms with E-state index in [4.69, 9.17) is 5.11 Å². The molecular weight excluding hydrogens is 232 g/mol. The highest BCUT2D eigenvalue weighted by Crippen LogP contribution is 2.19. The third kappa shape index (κ3) is 5.49. The highest BCUT2D eigenvalue weighted by molar-refractivity contribution is 5.81. The van der Waals surface area contributed by atoms with Gasteiger partial charge in [0.1, 0.15) is 0 Å². The molecule has 1 fully saturated rings. The molecule has 1 rings (SSSR count). The first kappa shape index (κ1) is 15.0. The van der Waals surface area contributed by atoms with Gasteiger partial charge in [-0.3, -0.25) is 9.59 Å². The van der Waals surface area contributed by atoms with Gasteiger partial charge < -0.3 is 15.7 Å². The molecule has 1 heterocycles. The number of carbonyl (C=O) groups excluding carboxylic acids is 1. The van der Waals surface area contributed by atoms with E-state index in [0.717, 1.165) is 32.2 Å². The number of hydrogen-bond donors (Lipinski definition) is 3. The lowest BCUT2D eigenvalue weighted by atomic mass is 9.90. The smallest absolute Gasteiger partial charge is 0.303 e. The fourth-order valence-corrected chi connectivity index (χ4v) is 2.30. The van der Waals surface area contributed by atoms with Crippen LogP contribution in [-0.2, 0) is 9.59 Å². The Bertz CT molecular complexity index is 281. The Morgan fingerprint density at radius 2 is 2.17 bits per heavy atom. The van der Waals surface area contributed by atoms with Crippen LogP contribution in [0.25, 0.3) is 0 Å². The molecule has 1 saturated heterocycles. The fraction of sp³-hybridized carbons (Fsp3) is 0.846. The predicted molar refractivity (Wildman–Crippen MR) is 69.3 cm³/mol. The molecule has 0 aromatic heterocycles. The lowest BCUT2D eigenvalue weighted by Gasteiger charge is -2.28. The number of rotatable bonds is 7. The maximum atomic E-state index is 11.9. The van der Waals surface area contributed by atoms with Crippen LogP contribution in [0.1, 0.15) is 45.4 Å². The molecule has 104 valence electrons. The summed E-state index contributed by atoms with van der Waals surface area (Å²) in [6.45, 7) is 3.65. The number of unbranched alkanes of at least 4 members (excludes halogenated alkanes) is 1. The predicted octanol–water partition coefficient (Wildman–Crippen LogP) is 1.14. The molecule has 2 unspecified atom stereocenters. The van der Waals surface area contributed by atoms with Crippen molar-refractivity contribution in [2.45, 2.75) is 51.5 Å². The molecule has 5 nitrogen and oxygen atoms in total. The summed E-state index contributed by atoms with van der Waals surface area (Å²) < 4.78 is 0. The van der Waals surface area contributed by atoms with Gasteiger partial charge in [-0.2, -0.15) is 0 Å². The van der Waals surface area contributed by atoms with Gasteiger partial charge in [0, 0.05) is 13.0 Å². The Labute approximate surface area is 108 Å². The van der Waals surface area contributed by atoms with Gasteiger partial charge in [-0.1, -0.05) is 13.3 Å². The van der Waals surface area contributed by atoms with Gasteiger partial charge in [0.25, 0.3) is 0 Å². The number of piperidine rings is 1. The number of carboxylic acids is 1.